The van der Waals surface area contributed by atoms with Gasteiger partial charge in [0.1, 0.15) is 12.7 Å². The third-order valence-electron chi connectivity index (χ3n) is 10.3. The van der Waals surface area contributed by atoms with Crippen LogP contribution in [0.2, 0.25) is 0 Å². The first-order valence-electron chi connectivity index (χ1n) is 12.5. The Labute approximate surface area is 201 Å². The predicted molar refractivity (Wildman–Crippen MR) is 125 cm³/mol. The highest BCUT2D eigenvalue weighted by Crippen LogP contribution is 2.72. The molecule has 6 nitrogen and oxygen atoms in total. The zero-order valence-corrected chi connectivity index (χ0v) is 21.0. The summed E-state index contributed by atoms with van der Waals surface area (Å²) in [4.78, 5) is 37.7. The maximum Gasteiger partial charge on any atom is 0.334 e. The molecule has 0 radical (unpaired) electrons. The number of hydrogen-bond acceptors (Lipinski definition) is 6. The van der Waals surface area contributed by atoms with Crippen LogP contribution in [0.5, 0.6) is 0 Å². The van der Waals surface area contributed by atoms with Gasteiger partial charge in [-0.2, -0.15) is 0 Å². The van der Waals surface area contributed by atoms with Crippen molar-refractivity contribution in [3.63, 3.8) is 0 Å². The number of cyclic esters (lactones) is 1. The molecule has 2 saturated carbocycles. The number of aliphatic hydroxyl groups is 1. The van der Waals surface area contributed by atoms with Crippen molar-refractivity contribution in [3.8, 4) is 0 Å². The summed E-state index contributed by atoms with van der Waals surface area (Å²) in [6.45, 7) is 12.0. The molecule has 1 N–H and O–H groups in total. The van der Waals surface area contributed by atoms with Crippen LogP contribution in [0, 0.1) is 39.4 Å². The lowest BCUT2D eigenvalue weighted by atomic mass is 9.37. The second-order valence-corrected chi connectivity index (χ2v) is 12.2. The maximum absolute atomic E-state index is 12.9. The largest absolute Gasteiger partial charge is 0.459 e. The van der Waals surface area contributed by atoms with Gasteiger partial charge in [-0.25, -0.2) is 4.79 Å². The molecule has 1 aliphatic heterocycles. The first kappa shape index (κ1) is 23.5. The minimum atomic E-state index is -1.00. The molecular formula is C28H36O6. The van der Waals surface area contributed by atoms with Gasteiger partial charge in [-0.3, -0.25) is 9.59 Å². The van der Waals surface area contributed by atoms with Crippen molar-refractivity contribution in [2.24, 2.45) is 39.4 Å². The molecule has 34 heavy (non-hydrogen) atoms. The van der Waals surface area contributed by atoms with Gasteiger partial charge in [0.25, 0.3) is 0 Å². The van der Waals surface area contributed by atoms with Gasteiger partial charge < -0.3 is 14.6 Å². The van der Waals surface area contributed by atoms with Gasteiger partial charge in [-0.15, -0.1) is 0 Å². The number of fused-ring (bicyclic) bond motifs is 5. The average molecular weight is 469 g/mol. The molecule has 1 heterocycles. The summed E-state index contributed by atoms with van der Waals surface area (Å²) < 4.78 is 11.2. The summed E-state index contributed by atoms with van der Waals surface area (Å²) in [7, 11) is 0. The molecule has 4 aliphatic carbocycles. The fraction of sp³-hybridized carbons (Fsp3) is 0.679. The fourth-order valence-corrected chi connectivity index (χ4v) is 8.96. The molecule has 0 aromatic heterocycles. The van der Waals surface area contributed by atoms with Gasteiger partial charge in [-0.1, -0.05) is 52.3 Å². The Morgan fingerprint density at radius 1 is 1.15 bits per heavy atom. The van der Waals surface area contributed by atoms with Gasteiger partial charge >= 0.3 is 11.9 Å². The van der Waals surface area contributed by atoms with Crippen molar-refractivity contribution in [2.45, 2.75) is 73.0 Å². The van der Waals surface area contributed by atoms with E-state index in [1.807, 2.05) is 26.0 Å². The van der Waals surface area contributed by atoms with Crippen LogP contribution in [-0.4, -0.2) is 41.6 Å². The van der Waals surface area contributed by atoms with Gasteiger partial charge in [0.2, 0.25) is 0 Å². The normalized spacial score (nSPS) is 46.6. The number of aliphatic hydroxyl groups excluding tert-OH is 1. The van der Waals surface area contributed by atoms with E-state index in [0.717, 1.165) is 30.4 Å². The monoisotopic (exact) mass is 468 g/mol. The first-order chi connectivity index (χ1) is 15.8. The van der Waals surface area contributed by atoms with E-state index < -0.39 is 34.4 Å². The minimum absolute atomic E-state index is 0.00770. The van der Waals surface area contributed by atoms with Crippen LogP contribution in [0.3, 0.4) is 0 Å². The molecule has 0 aromatic carbocycles. The summed E-state index contributed by atoms with van der Waals surface area (Å²) in [5, 5.41) is 11.9. The number of carbonyl (C=O) groups is 3. The van der Waals surface area contributed by atoms with E-state index in [4.69, 9.17) is 9.47 Å². The minimum Gasteiger partial charge on any atom is -0.459 e. The highest BCUT2D eigenvalue weighted by Gasteiger charge is 2.71. The van der Waals surface area contributed by atoms with E-state index >= 15 is 0 Å². The van der Waals surface area contributed by atoms with Crippen molar-refractivity contribution < 1.29 is 29.0 Å². The topological polar surface area (TPSA) is 89.9 Å². The van der Waals surface area contributed by atoms with Crippen molar-refractivity contribution in [2.75, 3.05) is 6.61 Å². The Balaban J connectivity index is 1.67. The second-order valence-electron chi connectivity index (χ2n) is 12.2. The second kappa shape index (κ2) is 7.16. The molecule has 2 fully saturated rings. The van der Waals surface area contributed by atoms with Crippen LogP contribution < -0.4 is 0 Å². The van der Waals surface area contributed by atoms with Crippen molar-refractivity contribution >= 4 is 17.7 Å². The van der Waals surface area contributed by atoms with Gasteiger partial charge in [0, 0.05) is 35.2 Å². The van der Waals surface area contributed by atoms with Crippen LogP contribution >= 0.6 is 0 Å². The molecule has 0 unspecified atom stereocenters. The maximum atomic E-state index is 12.9. The highest BCUT2D eigenvalue weighted by molar-refractivity contribution is 5.96. The van der Waals surface area contributed by atoms with E-state index in [1.54, 1.807) is 6.08 Å². The summed E-state index contributed by atoms with van der Waals surface area (Å²) in [6, 6.07) is 0. The van der Waals surface area contributed by atoms with Crippen LogP contribution in [0.15, 0.2) is 35.5 Å². The Morgan fingerprint density at radius 3 is 2.47 bits per heavy atom. The first-order valence-corrected chi connectivity index (χ1v) is 12.5. The van der Waals surface area contributed by atoms with Gasteiger partial charge in [-0.05, 0) is 48.2 Å². The molecule has 8 atom stereocenters. The number of esters is 2. The number of ketones is 1. The summed E-state index contributed by atoms with van der Waals surface area (Å²) in [5.74, 6) is -0.996. The van der Waals surface area contributed by atoms with E-state index in [9.17, 15) is 19.5 Å². The van der Waals surface area contributed by atoms with E-state index in [0.29, 0.717) is 6.61 Å². The third-order valence-corrected chi connectivity index (χ3v) is 10.3. The molecule has 5 rings (SSSR count). The Kier molecular flexibility index (Phi) is 4.95. The Bertz CT molecular complexity index is 1060. The van der Waals surface area contributed by atoms with Crippen LogP contribution in [0.4, 0.5) is 0 Å². The molecule has 0 bridgehead atoms. The van der Waals surface area contributed by atoms with Gasteiger partial charge in [0.15, 0.2) is 5.78 Å². The molecule has 184 valence electrons. The number of rotatable bonds is 2. The quantitative estimate of drug-likeness (QED) is 0.488. The molecule has 0 amide bonds. The Morgan fingerprint density at radius 2 is 1.85 bits per heavy atom. The number of ether oxygens (including phenoxy) is 2. The Hall–Kier alpha value is -2.21. The number of hydrogen-bond donors (Lipinski definition) is 1. The van der Waals surface area contributed by atoms with Crippen LogP contribution in [0.25, 0.3) is 0 Å². The summed E-state index contributed by atoms with van der Waals surface area (Å²) in [6.07, 6.45) is 8.48. The van der Waals surface area contributed by atoms with E-state index in [2.05, 4.69) is 26.8 Å². The molecule has 5 aliphatic rings. The lowest BCUT2D eigenvalue weighted by Crippen LogP contribution is -2.70. The van der Waals surface area contributed by atoms with Crippen molar-refractivity contribution in [3.05, 3.63) is 35.5 Å². The predicted octanol–water partition coefficient (Wildman–Crippen LogP) is 3.93. The van der Waals surface area contributed by atoms with Crippen LogP contribution in [-0.2, 0) is 23.9 Å². The zero-order valence-electron chi connectivity index (χ0n) is 21.0. The van der Waals surface area contributed by atoms with E-state index in [1.165, 1.54) is 6.92 Å². The molecule has 0 spiro atoms. The molecule has 0 saturated heterocycles. The lowest BCUT2D eigenvalue weighted by molar-refractivity contribution is -0.228. The smallest absolute Gasteiger partial charge is 0.334 e. The summed E-state index contributed by atoms with van der Waals surface area (Å²) in [5.41, 5.74) is -0.268. The number of carbonyl (C=O) groups excluding carboxylic acids is 3. The standard InChI is InChI=1S/C28H36O6/c1-15(29)34-23-21(31)22-25(2,3)20(30)10-13-27(22,5)19-9-12-26(4)17(16-11-14-33-24(16)32)7-8-18(26)28(19,23)6/h8,10-11,13,17,19,21-23,31H,7,9,12,14H2,1-6H3/t17-,19+,21+,22-,23+,26-,27+,28-/m0/s1. The SMILES string of the molecule is CC(=O)O[C@@H]1[C@H](O)[C@H]2C(C)(C)C(=O)C=C[C@]2(C)[C@H]2CC[C@]3(C)C(=CC[C@H]3C3=CCOC3=O)[C@]12C. The third kappa shape index (κ3) is 2.75. The molecule has 6 heteroatoms. The molecular weight excluding hydrogens is 432 g/mol. The lowest BCUT2D eigenvalue weighted by Gasteiger charge is -2.67. The fourth-order valence-electron chi connectivity index (χ4n) is 8.96. The van der Waals surface area contributed by atoms with Crippen molar-refractivity contribution in [1.82, 2.24) is 0 Å². The average Bonchev–Trinajstić information content (AvgIpc) is 3.31. The van der Waals surface area contributed by atoms with Gasteiger partial charge in [0.05, 0.1) is 6.10 Å². The zero-order chi connectivity index (χ0) is 24.8. The van der Waals surface area contributed by atoms with Crippen LogP contribution in [0.1, 0.15) is 60.8 Å². The summed E-state index contributed by atoms with van der Waals surface area (Å²) >= 11 is 0. The van der Waals surface area contributed by atoms with E-state index in [-0.39, 0.29) is 34.9 Å². The van der Waals surface area contributed by atoms with Crippen molar-refractivity contribution in [1.29, 1.82) is 0 Å². The number of allylic oxidation sites excluding steroid dienone is 3. The highest BCUT2D eigenvalue weighted by atomic mass is 16.6. The molecule has 0 aromatic rings.